The molecule has 2 aromatic carbocycles. The van der Waals surface area contributed by atoms with Crippen molar-refractivity contribution in [2.45, 2.75) is 19.2 Å². The molecule has 1 heterocycles. The quantitative estimate of drug-likeness (QED) is 0.573. The van der Waals surface area contributed by atoms with Crippen LogP contribution in [0.1, 0.15) is 17.0 Å². The first-order valence-electron chi connectivity index (χ1n) is 8.89. The van der Waals surface area contributed by atoms with E-state index in [9.17, 15) is 4.79 Å². The molecule has 1 aromatic heterocycles. The minimum Gasteiger partial charge on any atom is -0.497 e. The van der Waals surface area contributed by atoms with Crippen LogP contribution in [0, 0.1) is 6.92 Å². The molecule has 0 bridgehead atoms. The third-order valence-electron chi connectivity index (χ3n) is 4.21. The van der Waals surface area contributed by atoms with Gasteiger partial charge in [0.1, 0.15) is 5.75 Å². The van der Waals surface area contributed by atoms with Gasteiger partial charge in [-0.2, -0.15) is 4.98 Å². The van der Waals surface area contributed by atoms with Gasteiger partial charge in [0.2, 0.25) is 17.6 Å². The van der Waals surface area contributed by atoms with Gasteiger partial charge < -0.3 is 14.2 Å². The van der Waals surface area contributed by atoms with Crippen molar-refractivity contribution in [3.05, 3.63) is 65.5 Å². The summed E-state index contributed by atoms with van der Waals surface area (Å²) < 4.78 is 10.5. The molecule has 0 atom stereocenters. The number of hydrogen-bond donors (Lipinski definition) is 0. The molecule has 0 fully saturated rings. The summed E-state index contributed by atoms with van der Waals surface area (Å²) in [5.41, 5.74) is 3.25. The molecule has 3 aromatic rings. The lowest BCUT2D eigenvalue weighted by molar-refractivity contribution is -0.127. The van der Waals surface area contributed by atoms with Gasteiger partial charge in [0.25, 0.3) is 0 Å². The van der Waals surface area contributed by atoms with E-state index in [-0.39, 0.29) is 12.5 Å². The maximum Gasteiger partial charge on any atom is 0.246 e. The van der Waals surface area contributed by atoms with Gasteiger partial charge in [-0.15, -0.1) is 11.8 Å². The predicted octanol–water partition coefficient (Wildman–Crippen LogP) is 3.95. The number of benzene rings is 2. The first-order chi connectivity index (χ1) is 13.5. The molecule has 0 saturated heterocycles. The van der Waals surface area contributed by atoms with Gasteiger partial charge in [0.15, 0.2) is 0 Å². The Hall–Kier alpha value is -2.80. The molecule has 0 unspecified atom stereocenters. The van der Waals surface area contributed by atoms with Crippen molar-refractivity contribution in [2.24, 2.45) is 0 Å². The number of thioether (sulfide) groups is 1. The second-order valence-corrected chi connectivity index (χ2v) is 7.46. The Kier molecular flexibility index (Phi) is 6.71. The van der Waals surface area contributed by atoms with E-state index in [1.165, 1.54) is 11.1 Å². The van der Waals surface area contributed by atoms with Crippen LogP contribution in [0.5, 0.6) is 5.75 Å². The molecule has 1 amide bonds. The smallest absolute Gasteiger partial charge is 0.246 e. The summed E-state index contributed by atoms with van der Waals surface area (Å²) in [7, 11) is 3.35. The van der Waals surface area contributed by atoms with Crippen LogP contribution < -0.4 is 4.74 Å². The Bertz CT molecular complexity index is 925. The van der Waals surface area contributed by atoms with E-state index >= 15 is 0 Å². The largest absolute Gasteiger partial charge is 0.497 e. The summed E-state index contributed by atoms with van der Waals surface area (Å²) in [4.78, 5) is 18.3. The Morgan fingerprint density at radius 1 is 1.21 bits per heavy atom. The molecule has 0 N–H and O–H groups in total. The summed E-state index contributed by atoms with van der Waals surface area (Å²) >= 11 is 1.59. The van der Waals surface area contributed by atoms with Gasteiger partial charge >= 0.3 is 0 Å². The lowest BCUT2D eigenvalue weighted by Gasteiger charge is -2.14. The van der Waals surface area contributed by atoms with Crippen molar-refractivity contribution < 1.29 is 14.1 Å². The molecular weight excluding hydrogens is 374 g/mol. The Morgan fingerprint density at radius 2 is 2.00 bits per heavy atom. The van der Waals surface area contributed by atoms with Crippen LogP contribution in [0.25, 0.3) is 11.4 Å². The molecule has 0 saturated carbocycles. The number of hydrogen-bond acceptors (Lipinski definition) is 6. The Balaban J connectivity index is 1.51. The lowest BCUT2D eigenvalue weighted by atomic mass is 10.2. The number of methoxy groups -OCH3 is 1. The zero-order valence-electron chi connectivity index (χ0n) is 16.2. The van der Waals surface area contributed by atoms with E-state index in [4.69, 9.17) is 9.26 Å². The molecular formula is C21H23N3O3S. The molecule has 6 nitrogen and oxygen atoms in total. The maximum absolute atomic E-state index is 12.4. The topological polar surface area (TPSA) is 68.5 Å². The third-order valence-corrected chi connectivity index (χ3v) is 5.20. The van der Waals surface area contributed by atoms with E-state index in [1.54, 1.807) is 30.8 Å². The van der Waals surface area contributed by atoms with E-state index in [2.05, 4.69) is 41.3 Å². The normalized spacial score (nSPS) is 10.7. The predicted molar refractivity (Wildman–Crippen MR) is 110 cm³/mol. The second-order valence-electron chi connectivity index (χ2n) is 6.47. The van der Waals surface area contributed by atoms with Crippen molar-refractivity contribution >= 4 is 17.7 Å². The summed E-state index contributed by atoms with van der Waals surface area (Å²) in [5.74, 6) is 2.84. The highest BCUT2D eigenvalue weighted by molar-refractivity contribution is 7.99. The lowest BCUT2D eigenvalue weighted by Crippen LogP contribution is -2.28. The number of aromatic nitrogens is 2. The number of carbonyl (C=O) groups excluding carboxylic acids is 1. The van der Waals surface area contributed by atoms with Crippen molar-refractivity contribution in [1.29, 1.82) is 0 Å². The number of carbonyl (C=O) groups is 1. The first kappa shape index (κ1) is 19.9. The molecule has 146 valence electrons. The van der Waals surface area contributed by atoms with Crippen molar-refractivity contribution in [3.63, 3.8) is 0 Å². The standard InChI is InChI=1S/C21H23N3O3S/c1-15-7-9-16(10-8-15)13-28-14-20(25)24(2)12-19-22-21(23-27-19)17-5-4-6-18(11-17)26-3/h4-11H,12-14H2,1-3H3. The van der Waals surface area contributed by atoms with Gasteiger partial charge in [-0.05, 0) is 24.6 Å². The number of amides is 1. The average Bonchev–Trinajstić information content (AvgIpc) is 3.18. The van der Waals surface area contributed by atoms with Crippen LogP contribution in [0.2, 0.25) is 0 Å². The number of rotatable bonds is 8. The first-order valence-corrected chi connectivity index (χ1v) is 10.0. The van der Waals surface area contributed by atoms with Gasteiger partial charge in [0, 0.05) is 18.4 Å². The highest BCUT2D eigenvalue weighted by atomic mass is 32.2. The van der Waals surface area contributed by atoms with Crippen LogP contribution >= 0.6 is 11.8 Å². The molecule has 0 aliphatic heterocycles. The fraction of sp³-hybridized carbons (Fsp3) is 0.286. The average molecular weight is 398 g/mol. The van der Waals surface area contributed by atoms with Gasteiger partial charge in [0.05, 0.1) is 19.4 Å². The second kappa shape index (κ2) is 9.41. The molecule has 0 radical (unpaired) electrons. The van der Waals surface area contributed by atoms with Crippen LogP contribution in [-0.4, -0.2) is 40.9 Å². The van der Waals surface area contributed by atoms with Crippen LogP contribution in [0.4, 0.5) is 0 Å². The molecule has 7 heteroatoms. The highest BCUT2D eigenvalue weighted by Gasteiger charge is 2.15. The van der Waals surface area contributed by atoms with Gasteiger partial charge in [-0.3, -0.25) is 4.79 Å². The number of nitrogens with zero attached hydrogens (tertiary/aromatic N) is 3. The number of ether oxygens (including phenoxy) is 1. The molecule has 0 aliphatic carbocycles. The van der Waals surface area contributed by atoms with Crippen molar-refractivity contribution in [2.75, 3.05) is 19.9 Å². The Labute approximate surface area is 168 Å². The van der Waals surface area contributed by atoms with E-state index < -0.39 is 0 Å². The summed E-state index contributed by atoms with van der Waals surface area (Å²) in [6, 6.07) is 15.8. The zero-order chi connectivity index (χ0) is 19.9. The van der Waals surface area contributed by atoms with E-state index in [1.807, 2.05) is 24.3 Å². The van der Waals surface area contributed by atoms with Crippen LogP contribution in [-0.2, 0) is 17.1 Å². The molecule has 0 aliphatic rings. The fourth-order valence-electron chi connectivity index (χ4n) is 2.54. The minimum atomic E-state index is 0.0262. The summed E-state index contributed by atoms with van der Waals surface area (Å²) in [5, 5.41) is 4.00. The van der Waals surface area contributed by atoms with Crippen LogP contribution in [0.15, 0.2) is 53.1 Å². The van der Waals surface area contributed by atoms with E-state index in [0.29, 0.717) is 17.5 Å². The maximum atomic E-state index is 12.4. The molecule has 0 spiro atoms. The fourth-order valence-corrected chi connectivity index (χ4v) is 3.47. The highest BCUT2D eigenvalue weighted by Crippen LogP contribution is 2.21. The minimum absolute atomic E-state index is 0.0262. The molecule has 28 heavy (non-hydrogen) atoms. The van der Waals surface area contributed by atoms with Gasteiger partial charge in [-0.1, -0.05) is 47.1 Å². The number of aryl methyl sites for hydroxylation is 1. The molecule has 3 rings (SSSR count). The summed E-state index contributed by atoms with van der Waals surface area (Å²) in [6.07, 6.45) is 0. The Morgan fingerprint density at radius 3 is 2.75 bits per heavy atom. The van der Waals surface area contributed by atoms with Gasteiger partial charge in [-0.25, -0.2) is 0 Å². The van der Waals surface area contributed by atoms with E-state index in [0.717, 1.165) is 17.1 Å². The monoisotopic (exact) mass is 397 g/mol. The van der Waals surface area contributed by atoms with Crippen molar-refractivity contribution in [1.82, 2.24) is 15.0 Å². The zero-order valence-corrected chi connectivity index (χ0v) is 17.0. The SMILES string of the molecule is COc1cccc(-c2noc(CN(C)C(=O)CSCc3ccc(C)cc3)n2)c1. The van der Waals surface area contributed by atoms with Crippen molar-refractivity contribution in [3.8, 4) is 17.1 Å². The summed E-state index contributed by atoms with van der Waals surface area (Å²) in [6.45, 7) is 2.34. The third kappa shape index (κ3) is 5.36. The van der Waals surface area contributed by atoms with Crippen LogP contribution in [0.3, 0.4) is 0 Å².